The molecule has 0 aliphatic heterocycles. The van der Waals surface area contributed by atoms with Crippen LogP contribution < -0.4 is 5.73 Å². The Labute approximate surface area is 121 Å². The molecule has 0 spiro atoms. The van der Waals surface area contributed by atoms with E-state index in [-0.39, 0.29) is 5.82 Å². The van der Waals surface area contributed by atoms with Gasteiger partial charge < -0.3 is 10.3 Å². The summed E-state index contributed by atoms with van der Waals surface area (Å²) in [6.07, 6.45) is 2.43. The van der Waals surface area contributed by atoms with Crippen molar-refractivity contribution in [2.75, 3.05) is 0 Å². The summed E-state index contributed by atoms with van der Waals surface area (Å²) in [5, 5.41) is 1.72. The average molecular weight is 282 g/mol. The van der Waals surface area contributed by atoms with Gasteiger partial charge in [0.15, 0.2) is 0 Å². The lowest BCUT2D eigenvalue weighted by Gasteiger charge is -2.06. The molecule has 0 radical (unpaired) electrons. The van der Waals surface area contributed by atoms with Crippen LogP contribution in [0.5, 0.6) is 0 Å². The fraction of sp³-hybridized carbons (Fsp3) is 0.235. The van der Waals surface area contributed by atoms with Crippen LogP contribution in [0.3, 0.4) is 0 Å². The Morgan fingerprint density at radius 2 is 2.05 bits per heavy atom. The Morgan fingerprint density at radius 1 is 1.24 bits per heavy atom. The second-order valence-corrected chi connectivity index (χ2v) is 5.78. The Hall–Kier alpha value is -2.36. The van der Waals surface area contributed by atoms with Gasteiger partial charge in [0, 0.05) is 28.4 Å². The summed E-state index contributed by atoms with van der Waals surface area (Å²) >= 11 is 0. The number of hydrogen-bond acceptors (Lipinski definition) is 1. The van der Waals surface area contributed by atoms with Crippen LogP contribution in [0.1, 0.15) is 23.2 Å². The Kier molecular flexibility index (Phi) is 2.55. The Bertz CT molecular complexity index is 877. The molecule has 1 amide bonds. The molecule has 0 unspecified atom stereocenters. The zero-order valence-corrected chi connectivity index (χ0v) is 11.5. The molecule has 3 nitrogen and oxygen atoms in total. The fourth-order valence-corrected chi connectivity index (χ4v) is 3.08. The SMILES string of the molecule is NC(=O)c1cccc2c1c1ccc(F)cc1n2CC1CC1. The van der Waals surface area contributed by atoms with Crippen LogP contribution in [-0.4, -0.2) is 10.5 Å². The number of nitrogens with zero attached hydrogens (tertiary/aromatic N) is 1. The van der Waals surface area contributed by atoms with Crippen molar-refractivity contribution in [2.45, 2.75) is 19.4 Å². The molecule has 4 heteroatoms. The van der Waals surface area contributed by atoms with Crippen LogP contribution in [-0.2, 0) is 6.54 Å². The average Bonchev–Trinajstić information content (AvgIpc) is 3.23. The monoisotopic (exact) mass is 282 g/mol. The van der Waals surface area contributed by atoms with Gasteiger partial charge >= 0.3 is 0 Å². The topological polar surface area (TPSA) is 48.0 Å². The third-order valence-electron chi connectivity index (χ3n) is 4.26. The van der Waals surface area contributed by atoms with Gasteiger partial charge in [-0.2, -0.15) is 0 Å². The van der Waals surface area contributed by atoms with Gasteiger partial charge in [0.1, 0.15) is 5.82 Å². The summed E-state index contributed by atoms with van der Waals surface area (Å²) in [7, 11) is 0. The molecule has 1 aliphatic rings. The maximum absolute atomic E-state index is 13.7. The molecule has 1 heterocycles. The lowest BCUT2D eigenvalue weighted by molar-refractivity contribution is 0.100. The smallest absolute Gasteiger partial charge is 0.249 e. The highest BCUT2D eigenvalue weighted by Gasteiger charge is 2.24. The van der Waals surface area contributed by atoms with Crippen LogP contribution >= 0.6 is 0 Å². The van der Waals surface area contributed by atoms with E-state index >= 15 is 0 Å². The van der Waals surface area contributed by atoms with Crippen molar-refractivity contribution in [3.8, 4) is 0 Å². The summed E-state index contributed by atoms with van der Waals surface area (Å²) < 4.78 is 15.8. The van der Waals surface area contributed by atoms with E-state index in [1.807, 2.05) is 12.1 Å². The zero-order valence-electron chi connectivity index (χ0n) is 11.5. The van der Waals surface area contributed by atoms with E-state index in [0.29, 0.717) is 11.5 Å². The number of halogens is 1. The number of benzene rings is 2. The molecule has 1 aromatic heterocycles. The van der Waals surface area contributed by atoms with E-state index in [1.54, 1.807) is 18.2 Å². The first-order chi connectivity index (χ1) is 10.1. The van der Waals surface area contributed by atoms with Gasteiger partial charge in [-0.05, 0) is 49.1 Å². The van der Waals surface area contributed by atoms with E-state index in [2.05, 4.69) is 4.57 Å². The number of hydrogen-bond donors (Lipinski definition) is 1. The molecule has 0 bridgehead atoms. The normalized spacial score (nSPS) is 14.9. The Morgan fingerprint density at radius 3 is 2.76 bits per heavy atom. The highest BCUT2D eigenvalue weighted by molar-refractivity contribution is 6.17. The number of carbonyl (C=O) groups is 1. The number of rotatable bonds is 3. The van der Waals surface area contributed by atoms with Gasteiger partial charge in [-0.25, -0.2) is 4.39 Å². The van der Waals surface area contributed by atoms with Gasteiger partial charge in [-0.3, -0.25) is 4.79 Å². The van der Waals surface area contributed by atoms with Crippen molar-refractivity contribution in [1.29, 1.82) is 0 Å². The summed E-state index contributed by atoms with van der Waals surface area (Å²) in [5.74, 6) is -0.0531. The van der Waals surface area contributed by atoms with E-state index in [9.17, 15) is 9.18 Å². The van der Waals surface area contributed by atoms with Crippen molar-refractivity contribution >= 4 is 27.7 Å². The zero-order chi connectivity index (χ0) is 14.6. The van der Waals surface area contributed by atoms with Crippen LogP contribution in [0.4, 0.5) is 4.39 Å². The first-order valence-electron chi connectivity index (χ1n) is 7.15. The highest BCUT2D eigenvalue weighted by atomic mass is 19.1. The van der Waals surface area contributed by atoms with Crippen molar-refractivity contribution in [1.82, 2.24) is 4.57 Å². The maximum atomic E-state index is 13.7. The van der Waals surface area contributed by atoms with Gasteiger partial charge in [0.2, 0.25) is 5.91 Å². The third-order valence-corrected chi connectivity index (χ3v) is 4.26. The summed E-state index contributed by atoms with van der Waals surface area (Å²) in [6, 6.07) is 10.3. The minimum absolute atomic E-state index is 0.261. The second kappa shape index (κ2) is 4.32. The van der Waals surface area contributed by atoms with Gasteiger partial charge in [-0.15, -0.1) is 0 Å². The molecule has 1 aliphatic carbocycles. The minimum Gasteiger partial charge on any atom is -0.366 e. The molecular weight excluding hydrogens is 267 g/mol. The van der Waals surface area contributed by atoms with Crippen LogP contribution in [0.2, 0.25) is 0 Å². The quantitative estimate of drug-likeness (QED) is 0.786. The molecule has 2 N–H and O–H groups in total. The maximum Gasteiger partial charge on any atom is 0.249 e. The van der Waals surface area contributed by atoms with E-state index in [0.717, 1.165) is 28.4 Å². The number of carbonyl (C=O) groups excluding carboxylic acids is 1. The standard InChI is InChI=1S/C17H15FN2O/c18-11-6-7-12-15(8-11)20(9-10-4-5-10)14-3-1-2-13(16(12)14)17(19)21/h1-3,6-8,10H,4-5,9H2,(H2,19,21). The van der Waals surface area contributed by atoms with Crippen molar-refractivity contribution in [3.63, 3.8) is 0 Å². The molecule has 2 aromatic carbocycles. The fourth-order valence-electron chi connectivity index (χ4n) is 3.08. The number of nitrogens with two attached hydrogens (primary N) is 1. The molecule has 21 heavy (non-hydrogen) atoms. The first-order valence-corrected chi connectivity index (χ1v) is 7.15. The number of primary amides is 1. The van der Waals surface area contributed by atoms with Crippen LogP contribution in [0.15, 0.2) is 36.4 Å². The van der Waals surface area contributed by atoms with Gasteiger partial charge in [0.25, 0.3) is 0 Å². The number of aromatic nitrogens is 1. The molecule has 106 valence electrons. The predicted octanol–water partition coefficient (Wildman–Crippen LogP) is 3.44. The highest BCUT2D eigenvalue weighted by Crippen LogP contribution is 2.37. The molecule has 3 aromatic rings. The van der Waals surface area contributed by atoms with Gasteiger partial charge in [0.05, 0.1) is 5.52 Å². The van der Waals surface area contributed by atoms with E-state index < -0.39 is 5.91 Å². The summed E-state index contributed by atoms with van der Waals surface area (Å²) in [4.78, 5) is 11.7. The molecule has 0 atom stereocenters. The largest absolute Gasteiger partial charge is 0.366 e. The molecule has 1 saturated carbocycles. The molecule has 4 rings (SSSR count). The lowest BCUT2D eigenvalue weighted by Crippen LogP contribution is -2.11. The molecular formula is C17H15FN2O. The third kappa shape index (κ3) is 1.90. The lowest BCUT2D eigenvalue weighted by atomic mass is 10.1. The summed E-state index contributed by atoms with van der Waals surface area (Å²) in [6.45, 7) is 0.867. The van der Waals surface area contributed by atoms with Crippen LogP contribution in [0, 0.1) is 11.7 Å². The Balaban J connectivity index is 2.13. The van der Waals surface area contributed by atoms with Crippen molar-refractivity contribution in [3.05, 3.63) is 47.8 Å². The summed E-state index contributed by atoms with van der Waals surface area (Å²) in [5.41, 5.74) is 7.80. The molecule has 0 saturated heterocycles. The van der Waals surface area contributed by atoms with E-state index in [4.69, 9.17) is 5.73 Å². The number of fused-ring (bicyclic) bond motifs is 3. The van der Waals surface area contributed by atoms with Gasteiger partial charge in [-0.1, -0.05) is 6.07 Å². The first kappa shape index (κ1) is 12.4. The van der Waals surface area contributed by atoms with Crippen molar-refractivity contribution in [2.24, 2.45) is 11.7 Å². The van der Waals surface area contributed by atoms with E-state index in [1.165, 1.54) is 18.9 Å². The van der Waals surface area contributed by atoms with Crippen LogP contribution in [0.25, 0.3) is 21.8 Å². The number of amides is 1. The van der Waals surface area contributed by atoms with Crippen molar-refractivity contribution < 1.29 is 9.18 Å². The predicted molar refractivity (Wildman–Crippen MR) is 80.6 cm³/mol. The minimum atomic E-state index is -0.449. The molecule has 1 fully saturated rings. The second-order valence-electron chi connectivity index (χ2n) is 5.78.